The first-order valence-electron chi connectivity index (χ1n) is 9.10. The molecule has 0 N–H and O–H groups in total. The molecule has 0 saturated heterocycles. The van der Waals surface area contributed by atoms with Crippen LogP contribution in [0.4, 0.5) is 0 Å². The fourth-order valence-electron chi connectivity index (χ4n) is 4.98. The van der Waals surface area contributed by atoms with Crippen molar-refractivity contribution < 1.29 is 26.8 Å². The summed E-state index contributed by atoms with van der Waals surface area (Å²) in [7, 11) is 3.73. The second-order valence-electron chi connectivity index (χ2n) is 8.01. The van der Waals surface area contributed by atoms with E-state index in [2.05, 4.69) is 81.7 Å². The number of hydrogen-bond donors (Lipinski definition) is 0. The molecule has 0 fully saturated rings. The molecule has 0 heterocycles. The molecule has 140 valence electrons. The van der Waals surface area contributed by atoms with Crippen LogP contribution in [-0.4, -0.2) is 14.2 Å². The molecule has 3 rings (SSSR count). The van der Waals surface area contributed by atoms with E-state index in [-0.39, 0.29) is 9.04 Å². The summed E-state index contributed by atoms with van der Waals surface area (Å²) < 4.78 is 15.8. The van der Waals surface area contributed by atoms with Gasteiger partial charge >= 0.3 is 173 Å². The Hall–Kier alpha value is -0.277. The molecule has 26 heavy (non-hydrogen) atoms. The van der Waals surface area contributed by atoms with Gasteiger partial charge in [0.15, 0.2) is 0 Å². The Morgan fingerprint density at radius 3 is 2.12 bits per heavy atom. The predicted octanol–water partition coefficient (Wildman–Crippen LogP) is 6.83. The van der Waals surface area contributed by atoms with Crippen molar-refractivity contribution in [2.24, 2.45) is 5.41 Å². The van der Waals surface area contributed by atoms with Crippen LogP contribution in [0.3, 0.4) is 0 Å². The van der Waals surface area contributed by atoms with Gasteiger partial charge in [-0.05, 0) is 0 Å². The van der Waals surface area contributed by atoms with Gasteiger partial charge in [0.25, 0.3) is 0 Å². The number of hydrogen-bond acceptors (Lipinski definition) is 2. The monoisotopic (exact) mass is 494 g/mol. The van der Waals surface area contributed by atoms with Crippen molar-refractivity contribution in [3.05, 3.63) is 59.4 Å². The normalized spacial score (nSPS) is 22.2. The SMILES string of the molecule is C[O][Zr]([O]C)([C]1=C(C)C(C)=C(C)C1(C)C)[CH]1C(C)=Cc2c(Br)cccc21. The van der Waals surface area contributed by atoms with Crippen molar-refractivity contribution >= 4 is 22.0 Å². The van der Waals surface area contributed by atoms with E-state index < -0.39 is 21.1 Å². The van der Waals surface area contributed by atoms with Crippen molar-refractivity contribution in [2.75, 3.05) is 14.2 Å². The van der Waals surface area contributed by atoms with E-state index in [9.17, 15) is 0 Å². The molecule has 0 bridgehead atoms. The zero-order chi connectivity index (χ0) is 19.4. The molecule has 0 spiro atoms. The first kappa shape index (κ1) is 20.5. The predicted molar refractivity (Wildman–Crippen MR) is 109 cm³/mol. The van der Waals surface area contributed by atoms with Gasteiger partial charge in [-0.3, -0.25) is 0 Å². The summed E-state index contributed by atoms with van der Waals surface area (Å²) in [6, 6.07) is 6.48. The van der Waals surface area contributed by atoms with E-state index in [1.54, 1.807) is 0 Å². The van der Waals surface area contributed by atoms with Gasteiger partial charge in [0.2, 0.25) is 0 Å². The van der Waals surface area contributed by atoms with Crippen LogP contribution in [0, 0.1) is 5.41 Å². The standard InChI is InChI=1S/C10H8Br.C10H15.2CH3O.Zr/c1-7-5-8-3-2-4-10(11)9(8)6-7;1-7-6-10(4,5)9(3)8(7)2;2*1-2;/h2-6H,1H3;1-5H3;2*1H3;/q;;2*-1;+2. The second kappa shape index (κ2) is 6.96. The molecule has 1 atom stereocenters. The first-order valence-corrected chi connectivity index (χ1v) is 14.5. The average molecular weight is 497 g/mol. The molecule has 2 aliphatic carbocycles. The zero-order valence-electron chi connectivity index (χ0n) is 17.1. The Bertz CT molecular complexity index is 857. The third-order valence-electron chi connectivity index (χ3n) is 6.62. The Balaban J connectivity index is 2.28. The summed E-state index contributed by atoms with van der Waals surface area (Å²) in [4.78, 5) is 0. The number of benzene rings is 1. The van der Waals surface area contributed by atoms with Crippen molar-refractivity contribution in [3.63, 3.8) is 0 Å². The molecule has 1 unspecified atom stereocenters. The van der Waals surface area contributed by atoms with Gasteiger partial charge in [-0.15, -0.1) is 0 Å². The molecule has 0 aromatic heterocycles. The third-order valence-corrected chi connectivity index (χ3v) is 18.2. The van der Waals surface area contributed by atoms with Crippen LogP contribution < -0.4 is 0 Å². The van der Waals surface area contributed by atoms with Crippen LogP contribution in [0.15, 0.2) is 48.2 Å². The second-order valence-corrected chi connectivity index (χ2v) is 16.8. The number of allylic oxidation sites excluding steroid dienone is 5. The van der Waals surface area contributed by atoms with Gasteiger partial charge in [0.05, 0.1) is 0 Å². The van der Waals surface area contributed by atoms with E-state index in [0.29, 0.717) is 0 Å². The molecule has 2 nitrogen and oxygen atoms in total. The molecule has 0 amide bonds. The fraction of sp³-hybridized carbons (Fsp3) is 0.455. The first-order chi connectivity index (χ1) is 12.1. The van der Waals surface area contributed by atoms with Gasteiger partial charge < -0.3 is 0 Å². The minimum atomic E-state index is -3.73. The van der Waals surface area contributed by atoms with E-state index in [1.165, 1.54) is 36.7 Å². The summed E-state index contributed by atoms with van der Waals surface area (Å²) >= 11 is -0.00101. The molecule has 0 saturated carbocycles. The average Bonchev–Trinajstić information content (AvgIpc) is 3.02. The quantitative estimate of drug-likeness (QED) is 0.455. The molecule has 1 aromatic carbocycles. The Labute approximate surface area is 172 Å². The molecule has 4 heteroatoms. The summed E-state index contributed by atoms with van der Waals surface area (Å²) in [5, 5.41) is 0. The van der Waals surface area contributed by atoms with Crippen LogP contribution in [0.2, 0.25) is 0 Å². The van der Waals surface area contributed by atoms with Gasteiger partial charge in [-0.1, -0.05) is 0 Å². The van der Waals surface area contributed by atoms with Crippen molar-refractivity contribution in [3.8, 4) is 0 Å². The molecule has 2 aliphatic rings. The van der Waals surface area contributed by atoms with Crippen LogP contribution in [0.1, 0.15) is 56.3 Å². The maximum atomic E-state index is 6.47. The Kier molecular flexibility index (Phi) is 5.47. The zero-order valence-corrected chi connectivity index (χ0v) is 21.1. The number of rotatable bonds is 4. The Morgan fingerprint density at radius 2 is 1.62 bits per heavy atom. The maximum absolute atomic E-state index is 6.47. The summed E-state index contributed by atoms with van der Waals surface area (Å²) in [6.07, 6.45) is 2.30. The molecular weight excluding hydrogens is 467 g/mol. The van der Waals surface area contributed by atoms with Crippen molar-refractivity contribution in [1.29, 1.82) is 0 Å². The van der Waals surface area contributed by atoms with Crippen LogP contribution in [-0.2, 0) is 26.8 Å². The van der Waals surface area contributed by atoms with Crippen LogP contribution >= 0.6 is 15.9 Å². The Morgan fingerprint density at radius 1 is 1.00 bits per heavy atom. The van der Waals surface area contributed by atoms with E-state index >= 15 is 0 Å². The van der Waals surface area contributed by atoms with Crippen molar-refractivity contribution in [2.45, 2.75) is 45.2 Å². The minimum absolute atomic E-state index is 0.0225. The number of halogens is 1. The molecular formula is C22H29BrO2Zr. The molecule has 0 aliphatic heterocycles. The summed E-state index contributed by atoms with van der Waals surface area (Å²) in [6.45, 7) is 13.6. The van der Waals surface area contributed by atoms with E-state index in [1.807, 2.05) is 14.2 Å². The van der Waals surface area contributed by atoms with Gasteiger partial charge in [0, 0.05) is 0 Å². The van der Waals surface area contributed by atoms with Gasteiger partial charge in [-0.25, -0.2) is 0 Å². The third kappa shape index (κ3) is 2.67. The molecule has 0 radical (unpaired) electrons. The van der Waals surface area contributed by atoms with Crippen molar-refractivity contribution in [1.82, 2.24) is 0 Å². The molecule has 1 aromatic rings. The van der Waals surface area contributed by atoms with Crippen LogP contribution in [0.5, 0.6) is 0 Å². The van der Waals surface area contributed by atoms with Gasteiger partial charge in [0.1, 0.15) is 0 Å². The number of fused-ring (bicyclic) bond motifs is 1. The summed E-state index contributed by atoms with van der Waals surface area (Å²) in [5.41, 5.74) is 8.16. The van der Waals surface area contributed by atoms with E-state index in [4.69, 9.17) is 5.63 Å². The fourth-order valence-corrected chi connectivity index (χ4v) is 16.4. The van der Waals surface area contributed by atoms with Crippen LogP contribution in [0.25, 0.3) is 6.08 Å². The topological polar surface area (TPSA) is 18.5 Å². The van der Waals surface area contributed by atoms with Gasteiger partial charge in [-0.2, -0.15) is 0 Å². The summed E-state index contributed by atoms with van der Waals surface area (Å²) in [5.74, 6) is 0. The van der Waals surface area contributed by atoms with E-state index in [0.717, 1.165) is 4.47 Å².